The average Bonchev–Trinajstić information content (AvgIpc) is 2.43. The van der Waals surface area contributed by atoms with E-state index in [1.165, 1.54) is 0 Å². The van der Waals surface area contributed by atoms with Gasteiger partial charge in [-0.05, 0) is 30.5 Å². The van der Waals surface area contributed by atoms with Crippen LogP contribution in [0.3, 0.4) is 0 Å². The van der Waals surface area contributed by atoms with Gasteiger partial charge in [-0.3, -0.25) is 0 Å². The Labute approximate surface area is 135 Å². The van der Waals surface area contributed by atoms with Crippen molar-refractivity contribution >= 4 is 29.0 Å². The molecule has 0 amide bonds. The van der Waals surface area contributed by atoms with Crippen molar-refractivity contribution in [3.63, 3.8) is 0 Å². The third-order valence-electron chi connectivity index (χ3n) is 3.14. The van der Waals surface area contributed by atoms with Gasteiger partial charge in [0, 0.05) is 27.7 Å². The summed E-state index contributed by atoms with van der Waals surface area (Å²) in [5.41, 5.74) is 2.88. The van der Waals surface area contributed by atoms with E-state index in [0.29, 0.717) is 16.0 Å². The molecule has 0 unspecified atom stereocenters. The molecule has 0 saturated carbocycles. The maximum absolute atomic E-state index is 6.11. The Bertz CT molecular complexity index is 607. The van der Waals surface area contributed by atoms with Crippen LogP contribution in [-0.2, 0) is 0 Å². The van der Waals surface area contributed by atoms with Gasteiger partial charge < -0.3 is 5.32 Å². The third-order valence-corrected chi connectivity index (χ3v) is 3.58. The highest BCUT2D eigenvalue weighted by molar-refractivity contribution is 6.35. The number of aromatic nitrogens is 2. The summed E-state index contributed by atoms with van der Waals surface area (Å²) in [5.74, 6) is 1.17. The monoisotopic (exact) mass is 323 g/mol. The number of nitrogens with zero attached hydrogens (tertiary/aromatic N) is 2. The van der Waals surface area contributed by atoms with Crippen molar-refractivity contribution in [3.05, 3.63) is 40.1 Å². The van der Waals surface area contributed by atoms with Crippen molar-refractivity contribution < 1.29 is 0 Å². The molecule has 0 fully saturated rings. The van der Waals surface area contributed by atoms with E-state index >= 15 is 0 Å². The van der Waals surface area contributed by atoms with Gasteiger partial charge in [-0.25, -0.2) is 9.97 Å². The molecule has 0 bridgehead atoms. The summed E-state index contributed by atoms with van der Waals surface area (Å²) in [6.45, 7) is 7.27. The fourth-order valence-corrected chi connectivity index (χ4v) is 2.77. The Morgan fingerprint density at radius 2 is 1.76 bits per heavy atom. The molecule has 112 valence electrons. The molecule has 5 heteroatoms. The molecule has 0 aliphatic heterocycles. The lowest BCUT2D eigenvalue weighted by Crippen LogP contribution is -2.08. The summed E-state index contributed by atoms with van der Waals surface area (Å²) >= 11 is 12.2. The Hall–Kier alpha value is -1.32. The van der Waals surface area contributed by atoms with Crippen LogP contribution in [0.15, 0.2) is 24.5 Å². The highest BCUT2D eigenvalue weighted by Crippen LogP contribution is 2.34. The second-order valence-corrected chi connectivity index (χ2v) is 6.10. The van der Waals surface area contributed by atoms with Crippen molar-refractivity contribution in [1.29, 1.82) is 0 Å². The number of halogens is 2. The molecule has 0 spiro atoms. The van der Waals surface area contributed by atoms with E-state index < -0.39 is 0 Å². The highest BCUT2D eigenvalue weighted by Gasteiger charge is 2.16. The number of anilines is 1. The van der Waals surface area contributed by atoms with Crippen molar-refractivity contribution in [2.75, 3.05) is 11.9 Å². The Kier molecular flexibility index (Phi) is 5.43. The molecule has 1 aromatic heterocycles. The van der Waals surface area contributed by atoms with Crippen molar-refractivity contribution in [2.45, 2.75) is 33.1 Å². The summed E-state index contributed by atoms with van der Waals surface area (Å²) in [5, 5.41) is 4.58. The lowest BCUT2D eigenvalue weighted by molar-refractivity contribution is 0.844. The molecule has 0 aliphatic carbocycles. The second-order valence-electron chi connectivity index (χ2n) is 5.22. The molecule has 2 rings (SSSR count). The number of rotatable bonds is 5. The first-order valence-electron chi connectivity index (χ1n) is 7.08. The summed E-state index contributed by atoms with van der Waals surface area (Å²) in [4.78, 5) is 8.83. The number of nitrogens with one attached hydrogen (secondary N) is 1. The van der Waals surface area contributed by atoms with Crippen LogP contribution in [-0.4, -0.2) is 16.5 Å². The SMILES string of the molecule is CCCNc1ncnc(-c2cc(Cl)cc(Cl)c2)c1C(C)C. The summed E-state index contributed by atoms with van der Waals surface area (Å²) in [6.07, 6.45) is 2.62. The van der Waals surface area contributed by atoms with E-state index in [1.54, 1.807) is 12.4 Å². The average molecular weight is 324 g/mol. The maximum Gasteiger partial charge on any atom is 0.133 e. The first kappa shape index (κ1) is 16.1. The van der Waals surface area contributed by atoms with E-state index in [4.69, 9.17) is 23.2 Å². The zero-order valence-electron chi connectivity index (χ0n) is 12.5. The number of hydrogen-bond acceptors (Lipinski definition) is 3. The largest absolute Gasteiger partial charge is 0.370 e. The van der Waals surface area contributed by atoms with E-state index in [2.05, 4.69) is 36.1 Å². The number of benzene rings is 1. The van der Waals surface area contributed by atoms with Crippen molar-refractivity contribution in [1.82, 2.24) is 9.97 Å². The predicted octanol–water partition coefficient (Wildman–Crippen LogP) is 5.40. The smallest absolute Gasteiger partial charge is 0.133 e. The molecular weight excluding hydrogens is 305 g/mol. The van der Waals surface area contributed by atoms with Gasteiger partial charge in [0.05, 0.1) is 5.69 Å². The molecule has 0 saturated heterocycles. The molecule has 0 atom stereocenters. The third kappa shape index (κ3) is 3.86. The molecule has 0 radical (unpaired) electrons. The maximum atomic E-state index is 6.11. The van der Waals surface area contributed by atoms with Gasteiger partial charge in [0.2, 0.25) is 0 Å². The van der Waals surface area contributed by atoms with Gasteiger partial charge >= 0.3 is 0 Å². The first-order chi connectivity index (χ1) is 10.0. The van der Waals surface area contributed by atoms with Crippen LogP contribution in [0.25, 0.3) is 11.3 Å². The van der Waals surface area contributed by atoms with E-state index in [-0.39, 0.29) is 0 Å². The van der Waals surface area contributed by atoms with Crippen molar-refractivity contribution in [3.8, 4) is 11.3 Å². The first-order valence-corrected chi connectivity index (χ1v) is 7.83. The van der Waals surface area contributed by atoms with Gasteiger partial charge in [-0.1, -0.05) is 44.0 Å². The normalized spacial score (nSPS) is 11.0. The lowest BCUT2D eigenvalue weighted by atomic mass is 9.97. The lowest BCUT2D eigenvalue weighted by Gasteiger charge is -2.17. The van der Waals surface area contributed by atoms with Gasteiger partial charge in [-0.15, -0.1) is 0 Å². The topological polar surface area (TPSA) is 37.8 Å². The summed E-state index contributed by atoms with van der Waals surface area (Å²) < 4.78 is 0. The van der Waals surface area contributed by atoms with Crippen LogP contribution < -0.4 is 5.32 Å². The van der Waals surface area contributed by atoms with E-state index in [9.17, 15) is 0 Å². The summed E-state index contributed by atoms with van der Waals surface area (Å²) in [6, 6.07) is 5.48. The van der Waals surface area contributed by atoms with Crippen LogP contribution in [0.2, 0.25) is 10.0 Å². The Morgan fingerprint density at radius 3 is 2.33 bits per heavy atom. The molecule has 1 aromatic carbocycles. The fourth-order valence-electron chi connectivity index (χ4n) is 2.25. The van der Waals surface area contributed by atoms with Crippen LogP contribution in [0.1, 0.15) is 38.7 Å². The standard InChI is InChI=1S/C16H19Cl2N3/c1-4-5-19-16-14(10(2)3)15(20-9-21-16)11-6-12(17)8-13(18)7-11/h6-10H,4-5H2,1-3H3,(H,19,20,21). The molecule has 2 aromatic rings. The van der Waals surface area contributed by atoms with Gasteiger partial charge in [-0.2, -0.15) is 0 Å². The van der Waals surface area contributed by atoms with Gasteiger partial charge in [0.25, 0.3) is 0 Å². The van der Waals surface area contributed by atoms with E-state index in [0.717, 1.165) is 35.6 Å². The van der Waals surface area contributed by atoms with Crippen LogP contribution in [0, 0.1) is 0 Å². The zero-order valence-corrected chi connectivity index (χ0v) is 14.0. The molecule has 1 heterocycles. The fraction of sp³-hybridized carbons (Fsp3) is 0.375. The molecule has 21 heavy (non-hydrogen) atoms. The minimum atomic E-state index is 0.290. The quantitative estimate of drug-likeness (QED) is 0.800. The molecular formula is C16H19Cl2N3. The molecule has 3 nitrogen and oxygen atoms in total. The predicted molar refractivity (Wildman–Crippen MR) is 90.4 cm³/mol. The van der Waals surface area contributed by atoms with Crippen LogP contribution >= 0.6 is 23.2 Å². The minimum Gasteiger partial charge on any atom is -0.370 e. The van der Waals surface area contributed by atoms with Crippen LogP contribution in [0.5, 0.6) is 0 Å². The Balaban J connectivity index is 2.56. The second kappa shape index (κ2) is 7.10. The molecule has 1 N–H and O–H groups in total. The number of hydrogen-bond donors (Lipinski definition) is 1. The minimum absolute atomic E-state index is 0.290. The van der Waals surface area contributed by atoms with Gasteiger partial charge in [0.15, 0.2) is 0 Å². The highest BCUT2D eigenvalue weighted by atomic mass is 35.5. The summed E-state index contributed by atoms with van der Waals surface area (Å²) in [7, 11) is 0. The van der Waals surface area contributed by atoms with Gasteiger partial charge in [0.1, 0.15) is 12.1 Å². The van der Waals surface area contributed by atoms with E-state index in [1.807, 2.05) is 12.1 Å². The van der Waals surface area contributed by atoms with Crippen LogP contribution in [0.4, 0.5) is 5.82 Å². The Morgan fingerprint density at radius 1 is 1.10 bits per heavy atom. The van der Waals surface area contributed by atoms with Crippen molar-refractivity contribution in [2.24, 2.45) is 0 Å². The zero-order chi connectivity index (χ0) is 15.4. The molecule has 0 aliphatic rings.